The number of sulfonamides is 1. The number of carbonyl (C=O) groups excluding carboxylic acids is 1. The lowest BCUT2D eigenvalue weighted by Gasteiger charge is -2.09. The van der Waals surface area contributed by atoms with Gasteiger partial charge in [-0.25, -0.2) is 17.2 Å². The van der Waals surface area contributed by atoms with Crippen LogP contribution < -0.4 is 10.3 Å². The van der Waals surface area contributed by atoms with Gasteiger partial charge in [0.1, 0.15) is 11.6 Å². The lowest BCUT2D eigenvalue weighted by molar-refractivity contribution is -0.120. The quantitative estimate of drug-likeness (QED) is 0.802. The van der Waals surface area contributed by atoms with Gasteiger partial charge in [-0.15, -0.1) is 4.83 Å². The molecule has 2 rings (SSSR count). The largest absolute Gasteiger partial charge is 0.277 e. The summed E-state index contributed by atoms with van der Waals surface area (Å²) in [5.41, 5.74) is 2.52. The van der Waals surface area contributed by atoms with E-state index >= 15 is 0 Å². The summed E-state index contributed by atoms with van der Waals surface area (Å²) in [6.45, 7) is 0. The van der Waals surface area contributed by atoms with Gasteiger partial charge in [0.2, 0.25) is 5.91 Å². The van der Waals surface area contributed by atoms with Crippen molar-refractivity contribution in [3.63, 3.8) is 0 Å². The van der Waals surface area contributed by atoms with Crippen LogP contribution >= 0.6 is 11.6 Å². The molecule has 0 aliphatic carbocycles. The van der Waals surface area contributed by atoms with Crippen LogP contribution in [0.15, 0.2) is 47.4 Å². The summed E-state index contributed by atoms with van der Waals surface area (Å²) in [5, 5.41) is -0.356. The van der Waals surface area contributed by atoms with Gasteiger partial charge in [-0.3, -0.25) is 10.2 Å². The Kier molecular flexibility index (Phi) is 5.30. The van der Waals surface area contributed by atoms with Gasteiger partial charge in [0.25, 0.3) is 10.0 Å². The number of amides is 1. The highest BCUT2D eigenvalue weighted by Gasteiger charge is 2.17. The summed E-state index contributed by atoms with van der Waals surface area (Å²) in [6.07, 6.45) is -0.146. The van der Waals surface area contributed by atoms with E-state index in [1.165, 1.54) is 24.3 Å². The van der Waals surface area contributed by atoms with Crippen LogP contribution in [0.2, 0.25) is 5.02 Å². The van der Waals surface area contributed by atoms with Crippen LogP contribution in [0.25, 0.3) is 0 Å². The Morgan fingerprint density at radius 2 is 1.74 bits per heavy atom. The minimum absolute atomic E-state index is 0.146. The standard InChI is InChI=1S/C14H11ClF2N2O3S/c15-12-8-11(5-6-13(12)17)23(21,22)19-18-14(20)7-9-1-3-10(16)4-2-9/h1-6,8,19H,7H2,(H,18,20). The van der Waals surface area contributed by atoms with E-state index in [0.29, 0.717) is 5.56 Å². The van der Waals surface area contributed by atoms with E-state index in [9.17, 15) is 22.0 Å². The Morgan fingerprint density at radius 3 is 2.35 bits per heavy atom. The van der Waals surface area contributed by atoms with Gasteiger partial charge < -0.3 is 0 Å². The fourth-order valence-corrected chi connectivity index (χ4v) is 2.79. The second-order valence-corrected chi connectivity index (χ2v) is 6.62. The van der Waals surface area contributed by atoms with E-state index in [1.54, 1.807) is 0 Å². The second-order valence-electron chi connectivity index (χ2n) is 4.53. The zero-order valence-electron chi connectivity index (χ0n) is 11.5. The van der Waals surface area contributed by atoms with Crippen molar-refractivity contribution in [1.29, 1.82) is 0 Å². The molecule has 0 atom stereocenters. The highest BCUT2D eigenvalue weighted by atomic mass is 35.5. The fourth-order valence-electron chi connectivity index (χ4n) is 1.66. The van der Waals surface area contributed by atoms with E-state index < -0.39 is 27.6 Å². The molecular weight excluding hydrogens is 350 g/mol. The summed E-state index contributed by atoms with van der Waals surface area (Å²) in [4.78, 5) is 13.2. The summed E-state index contributed by atoms with van der Waals surface area (Å²) in [6, 6.07) is 8.02. The fraction of sp³-hybridized carbons (Fsp3) is 0.0714. The molecule has 0 aliphatic rings. The average molecular weight is 361 g/mol. The van der Waals surface area contributed by atoms with Gasteiger partial charge in [-0.2, -0.15) is 0 Å². The van der Waals surface area contributed by atoms with Crippen LogP contribution in [0, 0.1) is 11.6 Å². The normalized spacial score (nSPS) is 11.3. The van der Waals surface area contributed by atoms with Gasteiger partial charge in [-0.05, 0) is 35.9 Å². The Balaban J connectivity index is 1.99. The molecule has 0 fully saturated rings. The number of benzene rings is 2. The maximum atomic E-state index is 13.0. The number of hydrazine groups is 1. The molecule has 5 nitrogen and oxygen atoms in total. The molecular formula is C14H11ClF2N2O3S. The third-order valence-electron chi connectivity index (χ3n) is 2.80. The third-order valence-corrected chi connectivity index (χ3v) is 4.34. The average Bonchev–Trinajstić information content (AvgIpc) is 2.50. The van der Waals surface area contributed by atoms with Crippen molar-refractivity contribution in [3.8, 4) is 0 Å². The molecule has 0 radical (unpaired) electrons. The Bertz CT molecular complexity index is 826. The summed E-state index contributed by atoms with van der Waals surface area (Å²) in [5.74, 6) is -1.84. The lowest BCUT2D eigenvalue weighted by Crippen LogP contribution is -2.42. The SMILES string of the molecule is O=C(Cc1ccc(F)cc1)NNS(=O)(=O)c1ccc(F)c(Cl)c1. The molecule has 0 unspecified atom stereocenters. The van der Waals surface area contributed by atoms with E-state index in [4.69, 9.17) is 11.6 Å². The number of hydrogen-bond acceptors (Lipinski definition) is 3. The zero-order valence-corrected chi connectivity index (χ0v) is 13.1. The van der Waals surface area contributed by atoms with Gasteiger partial charge in [-0.1, -0.05) is 23.7 Å². The molecule has 0 saturated carbocycles. The van der Waals surface area contributed by atoms with Crippen LogP contribution in [0.1, 0.15) is 5.56 Å². The smallest absolute Gasteiger partial charge is 0.257 e. The first-order valence-electron chi connectivity index (χ1n) is 6.28. The van der Waals surface area contributed by atoms with Crippen LogP contribution in [0.4, 0.5) is 8.78 Å². The van der Waals surface area contributed by atoms with Crippen molar-refractivity contribution >= 4 is 27.5 Å². The topological polar surface area (TPSA) is 75.3 Å². The number of hydrogen-bond donors (Lipinski definition) is 2. The van der Waals surface area contributed by atoms with E-state index in [-0.39, 0.29) is 16.3 Å². The van der Waals surface area contributed by atoms with E-state index in [0.717, 1.165) is 18.2 Å². The summed E-state index contributed by atoms with van der Waals surface area (Å²) >= 11 is 5.52. The molecule has 0 aliphatic heterocycles. The predicted molar refractivity (Wildman–Crippen MR) is 80.0 cm³/mol. The maximum Gasteiger partial charge on any atom is 0.257 e. The first-order chi connectivity index (χ1) is 10.8. The molecule has 122 valence electrons. The third kappa shape index (κ3) is 4.72. The van der Waals surface area contributed by atoms with Crippen LogP contribution in [-0.4, -0.2) is 14.3 Å². The van der Waals surface area contributed by atoms with Crippen LogP contribution in [0.3, 0.4) is 0 Å². The molecule has 0 heterocycles. The number of nitrogens with one attached hydrogen (secondary N) is 2. The minimum atomic E-state index is -4.09. The van der Waals surface area contributed by atoms with Gasteiger partial charge >= 0.3 is 0 Å². The molecule has 2 aromatic carbocycles. The molecule has 0 bridgehead atoms. The molecule has 9 heteroatoms. The Labute approximate surface area is 136 Å². The highest BCUT2D eigenvalue weighted by Crippen LogP contribution is 2.18. The van der Waals surface area contributed by atoms with E-state index in [1.807, 2.05) is 10.3 Å². The van der Waals surface area contributed by atoms with Crippen molar-refractivity contribution < 1.29 is 22.0 Å². The molecule has 2 N–H and O–H groups in total. The molecule has 23 heavy (non-hydrogen) atoms. The van der Waals surface area contributed by atoms with Gasteiger partial charge in [0, 0.05) is 0 Å². The zero-order chi connectivity index (χ0) is 17.0. The number of carbonyl (C=O) groups is 1. The van der Waals surface area contributed by atoms with Crippen LogP contribution in [0.5, 0.6) is 0 Å². The van der Waals surface area contributed by atoms with Crippen molar-refractivity contribution in [2.45, 2.75) is 11.3 Å². The van der Waals surface area contributed by atoms with Crippen molar-refractivity contribution in [1.82, 2.24) is 10.3 Å². The minimum Gasteiger partial charge on any atom is -0.277 e. The van der Waals surface area contributed by atoms with Gasteiger partial charge in [0.05, 0.1) is 16.3 Å². The van der Waals surface area contributed by atoms with Crippen molar-refractivity contribution in [2.24, 2.45) is 0 Å². The first-order valence-corrected chi connectivity index (χ1v) is 8.14. The molecule has 0 aromatic heterocycles. The summed E-state index contributed by atoms with van der Waals surface area (Å²) in [7, 11) is -4.09. The summed E-state index contributed by atoms with van der Waals surface area (Å²) < 4.78 is 49.7. The maximum absolute atomic E-state index is 13.0. The van der Waals surface area contributed by atoms with Crippen LogP contribution in [-0.2, 0) is 21.2 Å². The predicted octanol–water partition coefficient (Wildman–Crippen LogP) is 2.17. The Morgan fingerprint density at radius 1 is 1.09 bits per heavy atom. The monoisotopic (exact) mass is 360 g/mol. The Hall–Kier alpha value is -2.03. The highest BCUT2D eigenvalue weighted by molar-refractivity contribution is 7.89. The molecule has 0 spiro atoms. The number of halogens is 3. The first kappa shape index (κ1) is 17.3. The number of rotatable bonds is 5. The van der Waals surface area contributed by atoms with Gasteiger partial charge in [0.15, 0.2) is 0 Å². The van der Waals surface area contributed by atoms with Crippen molar-refractivity contribution in [3.05, 3.63) is 64.7 Å². The molecule has 0 saturated heterocycles. The van der Waals surface area contributed by atoms with E-state index in [2.05, 4.69) is 0 Å². The molecule has 1 amide bonds. The molecule has 2 aromatic rings. The van der Waals surface area contributed by atoms with Crippen molar-refractivity contribution in [2.75, 3.05) is 0 Å². The second kappa shape index (κ2) is 7.03. The lowest BCUT2D eigenvalue weighted by atomic mass is 10.1.